The number of fused-ring (bicyclic) bond motifs is 1. The summed E-state index contributed by atoms with van der Waals surface area (Å²) >= 11 is 0. The Kier molecular flexibility index (Phi) is 3.82. The molecule has 2 nitrogen and oxygen atoms in total. The van der Waals surface area contributed by atoms with Gasteiger partial charge in [-0.05, 0) is 30.4 Å². The van der Waals surface area contributed by atoms with Gasteiger partial charge in [0, 0.05) is 5.92 Å². The quantitative estimate of drug-likeness (QED) is 0.847. The summed E-state index contributed by atoms with van der Waals surface area (Å²) in [7, 11) is 0. The van der Waals surface area contributed by atoms with Gasteiger partial charge in [-0.25, -0.2) is 0 Å². The molecule has 17 heavy (non-hydrogen) atoms. The van der Waals surface area contributed by atoms with Crippen LogP contribution >= 0.6 is 0 Å². The number of nitrogens with one attached hydrogen (secondary N) is 1. The minimum Gasteiger partial charge on any atom is -0.349 e. The molecule has 1 N–H and O–H groups in total. The number of amides is 1. The van der Waals surface area contributed by atoms with Crippen molar-refractivity contribution < 1.29 is 4.79 Å². The molecule has 1 aliphatic rings. The van der Waals surface area contributed by atoms with E-state index in [2.05, 4.69) is 36.5 Å². The average Bonchev–Trinajstić information content (AvgIpc) is 2.73. The minimum atomic E-state index is 0.132. The maximum absolute atomic E-state index is 12.0. The predicted octanol–water partition coefficient (Wildman–Crippen LogP) is 3.23. The largest absolute Gasteiger partial charge is 0.349 e. The minimum absolute atomic E-state index is 0.132. The summed E-state index contributed by atoms with van der Waals surface area (Å²) in [6, 6.07) is 8.66. The second kappa shape index (κ2) is 5.35. The van der Waals surface area contributed by atoms with E-state index in [0.717, 1.165) is 25.7 Å². The van der Waals surface area contributed by atoms with Crippen molar-refractivity contribution in [2.24, 2.45) is 5.92 Å². The molecule has 0 fully saturated rings. The number of benzene rings is 1. The molecule has 0 spiro atoms. The fourth-order valence-electron chi connectivity index (χ4n) is 2.59. The van der Waals surface area contributed by atoms with Gasteiger partial charge in [-0.2, -0.15) is 0 Å². The lowest BCUT2D eigenvalue weighted by Crippen LogP contribution is -2.31. The SMILES string of the molecule is CCCC(C)C(=O)N[C@H]1CCc2ccccc21. The molecule has 1 unspecified atom stereocenters. The van der Waals surface area contributed by atoms with Gasteiger partial charge in [-0.1, -0.05) is 44.5 Å². The van der Waals surface area contributed by atoms with Crippen molar-refractivity contribution >= 4 is 5.91 Å². The summed E-state index contributed by atoms with van der Waals surface area (Å²) < 4.78 is 0. The summed E-state index contributed by atoms with van der Waals surface area (Å²) in [4.78, 5) is 12.0. The lowest BCUT2D eigenvalue weighted by Gasteiger charge is -2.17. The van der Waals surface area contributed by atoms with E-state index in [-0.39, 0.29) is 17.9 Å². The van der Waals surface area contributed by atoms with Gasteiger partial charge >= 0.3 is 0 Å². The van der Waals surface area contributed by atoms with Gasteiger partial charge in [0.2, 0.25) is 5.91 Å². The first-order chi connectivity index (χ1) is 8.22. The molecule has 1 aromatic rings. The summed E-state index contributed by atoms with van der Waals surface area (Å²) in [6.07, 6.45) is 4.17. The van der Waals surface area contributed by atoms with Crippen molar-refractivity contribution in [3.63, 3.8) is 0 Å². The Balaban J connectivity index is 2.00. The van der Waals surface area contributed by atoms with Gasteiger partial charge in [-0.3, -0.25) is 4.79 Å². The third-order valence-corrected chi connectivity index (χ3v) is 3.62. The van der Waals surface area contributed by atoms with E-state index in [1.54, 1.807) is 0 Å². The monoisotopic (exact) mass is 231 g/mol. The van der Waals surface area contributed by atoms with Crippen molar-refractivity contribution in [2.45, 2.75) is 45.6 Å². The molecule has 0 aliphatic heterocycles. The first kappa shape index (κ1) is 12.2. The van der Waals surface area contributed by atoms with Crippen LogP contribution in [0.25, 0.3) is 0 Å². The molecule has 1 amide bonds. The molecule has 0 heterocycles. The molecule has 1 aromatic carbocycles. The van der Waals surface area contributed by atoms with Gasteiger partial charge in [0.15, 0.2) is 0 Å². The van der Waals surface area contributed by atoms with Crippen molar-refractivity contribution in [3.05, 3.63) is 35.4 Å². The normalized spacial score (nSPS) is 19.8. The van der Waals surface area contributed by atoms with Gasteiger partial charge in [0.25, 0.3) is 0 Å². The Bertz CT molecular complexity index is 400. The first-order valence-corrected chi connectivity index (χ1v) is 6.60. The molecule has 0 bridgehead atoms. The maximum Gasteiger partial charge on any atom is 0.223 e. The molecule has 2 rings (SSSR count). The number of rotatable bonds is 4. The Hall–Kier alpha value is -1.31. The van der Waals surface area contributed by atoms with Gasteiger partial charge in [0.1, 0.15) is 0 Å². The topological polar surface area (TPSA) is 29.1 Å². The second-order valence-corrected chi connectivity index (χ2v) is 4.99. The number of carbonyl (C=O) groups is 1. The summed E-state index contributed by atoms with van der Waals surface area (Å²) in [6.45, 7) is 4.13. The molecule has 0 saturated carbocycles. The lowest BCUT2D eigenvalue weighted by atomic mass is 10.0. The Morgan fingerprint density at radius 1 is 1.47 bits per heavy atom. The van der Waals surface area contributed by atoms with Crippen molar-refractivity contribution in [2.75, 3.05) is 0 Å². The van der Waals surface area contributed by atoms with Crippen LogP contribution in [0.3, 0.4) is 0 Å². The number of aryl methyl sites for hydroxylation is 1. The molecule has 0 radical (unpaired) electrons. The van der Waals surface area contributed by atoms with Crippen LogP contribution in [0.5, 0.6) is 0 Å². The molecule has 0 aromatic heterocycles. The maximum atomic E-state index is 12.0. The molecular formula is C15H21NO. The van der Waals surface area contributed by atoms with Crippen LogP contribution in [0.1, 0.15) is 50.3 Å². The van der Waals surface area contributed by atoms with Crippen LogP contribution in [-0.2, 0) is 11.2 Å². The van der Waals surface area contributed by atoms with E-state index in [4.69, 9.17) is 0 Å². The van der Waals surface area contributed by atoms with Crippen molar-refractivity contribution in [3.8, 4) is 0 Å². The second-order valence-electron chi connectivity index (χ2n) is 4.99. The molecule has 0 saturated heterocycles. The summed E-state index contributed by atoms with van der Waals surface area (Å²) in [5.74, 6) is 0.335. The molecular weight excluding hydrogens is 210 g/mol. The van der Waals surface area contributed by atoms with Gasteiger partial charge in [0.05, 0.1) is 6.04 Å². The number of hydrogen-bond acceptors (Lipinski definition) is 1. The van der Waals surface area contributed by atoms with Crippen LogP contribution in [0.4, 0.5) is 0 Å². The van der Waals surface area contributed by atoms with E-state index in [9.17, 15) is 4.79 Å². The zero-order valence-corrected chi connectivity index (χ0v) is 10.7. The van der Waals surface area contributed by atoms with Crippen LogP contribution < -0.4 is 5.32 Å². The Labute approximate surface area is 103 Å². The average molecular weight is 231 g/mol. The van der Waals surface area contributed by atoms with Crippen LogP contribution in [0, 0.1) is 5.92 Å². The predicted molar refractivity (Wildman–Crippen MR) is 69.7 cm³/mol. The van der Waals surface area contributed by atoms with Crippen LogP contribution in [0.15, 0.2) is 24.3 Å². The van der Waals surface area contributed by atoms with E-state index in [1.807, 2.05) is 6.92 Å². The summed E-state index contributed by atoms with van der Waals surface area (Å²) in [5, 5.41) is 3.18. The van der Waals surface area contributed by atoms with Gasteiger partial charge in [-0.15, -0.1) is 0 Å². The van der Waals surface area contributed by atoms with Gasteiger partial charge < -0.3 is 5.32 Å². The van der Waals surface area contributed by atoms with Crippen LogP contribution in [-0.4, -0.2) is 5.91 Å². The highest BCUT2D eigenvalue weighted by Crippen LogP contribution is 2.30. The zero-order valence-electron chi connectivity index (χ0n) is 10.7. The van der Waals surface area contributed by atoms with E-state index in [0.29, 0.717) is 0 Å². The molecule has 2 heteroatoms. The van der Waals surface area contributed by atoms with E-state index < -0.39 is 0 Å². The Morgan fingerprint density at radius 3 is 3.00 bits per heavy atom. The molecule has 1 aliphatic carbocycles. The standard InChI is InChI=1S/C15H21NO/c1-3-6-11(2)15(17)16-14-10-9-12-7-4-5-8-13(12)14/h4-5,7-8,11,14H,3,6,9-10H2,1-2H3,(H,16,17)/t11?,14-/m0/s1. The fourth-order valence-corrected chi connectivity index (χ4v) is 2.59. The zero-order chi connectivity index (χ0) is 12.3. The van der Waals surface area contributed by atoms with E-state index >= 15 is 0 Å². The number of carbonyl (C=O) groups excluding carboxylic acids is 1. The highest BCUT2D eigenvalue weighted by atomic mass is 16.1. The highest BCUT2D eigenvalue weighted by molar-refractivity contribution is 5.78. The highest BCUT2D eigenvalue weighted by Gasteiger charge is 2.24. The fraction of sp³-hybridized carbons (Fsp3) is 0.533. The third kappa shape index (κ3) is 2.68. The number of hydrogen-bond donors (Lipinski definition) is 1. The first-order valence-electron chi connectivity index (χ1n) is 6.60. The molecule has 92 valence electrons. The third-order valence-electron chi connectivity index (χ3n) is 3.62. The smallest absolute Gasteiger partial charge is 0.223 e. The lowest BCUT2D eigenvalue weighted by molar-refractivity contribution is -0.125. The Morgan fingerprint density at radius 2 is 2.24 bits per heavy atom. The van der Waals surface area contributed by atoms with E-state index in [1.165, 1.54) is 11.1 Å². The van der Waals surface area contributed by atoms with Crippen molar-refractivity contribution in [1.29, 1.82) is 0 Å². The molecule has 2 atom stereocenters. The van der Waals surface area contributed by atoms with Crippen molar-refractivity contribution in [1.82, 2.24) is 5.32 Å². The summed E-state index contributed by atoms with van der Waals surface area (Å²) in [5.41, 5.74) is 2.70. The van der Waals surface area contributed by atoms with Crippen LogP contribution in [0.2, 0.25) is 0 Å².